The van der Waals surface area contributed by atoms with Crippen LogP contribution in [0.2, 0.25) is 0 Å². The Morgan fingerprint density at radius 2 is 2.00 bits per heavy atom. The molecule has 2 aliphatic heterocycles. The van der Waals surface area contributed by atoms with Gasteiger partial charge in [0.25, 0.3) is 0 Å². The highest BCUT2D eigenvalue weighted by Gasteiger charge is 2.53. The molecule has 1 spiro atoms. The van der Waals surface area contributed by atoms with Gasteiger partial charge in [-0.1, -0.05) is 22.0 Å². The molecule has 0 saturated carbocycles. The number of nitrogens with one attached hydrogen (secondary N) is 2. The molecular formula is C17H20BrF3N4O2. The first-order chi connectivity index (χ1) is 12.7. The number of nitrogens with zero attached hydrogens (tertiary/aromatic N) is 2. The third-order valence-electron chi connectivity index (χ3n) is 4.89. The Kier molecular flexibility index (Phi) is 5.66. The fraction of sp³-hybridized carbons (Fsp3) is 0.529. The Morgan fingerprint density at radius 1 is 1.30 bits per heavy atom. The first kappa shape index (κ1) is 19.9. The van der Waals surface area contributed by atoms with Gasteiger partial charge in [-0.05, 0) is 44.1 Å². The summed E-state index contributed by atoms with van der Waals surface area (Å²) in [5.74, 6) is -1.04. The summed E-state index contributed by atoms with van der Waals surface area (Å²) >= 11 is 3.42. The molecule has 0 bridgehead atoms. The maximum atomic E-state index is 13.1. The van der Waals surface area contributed by atoms with Crippen LogP contribution in [0.3, 0.4) is 0 Å². The molecule has 0 radical (unpaired) electrons. The van der Waals surface area contributed by atoms with E-state index in [1.165, 1.54) is 4.90 Å². The number of carbonyl (C=O) groups excluding carboxylic acids is 2. The van der Waals surface area contributed by atoms with Gasteiger partial charge >= 0.3 is 6.18 Å². The van der Waals surface area contributed by atoms with Gasteiger partial charge in [0.15, 0.2) is 0 Å². The number of benzene rings is 1. The first-order valence-corrected chi connectivity index (χ1v) is 9.37. The molecule has 2 saturated heterocycles. The molecule has 10 heteroatoms. The SMILES string of the molecule is O=C(CN1CN(c2cccc(Br)c2)C2(CCNCC2)C1=O)NCC(F)(F)F. The lowest BCUT2D eigenvalue weighted by Gasteiger charge is -2.40. The van der Waals surface area contributed by atoms with E-state index in [9.17, 15) is 22.8 Å². The van der Waals surface area contributed by atoms with E-state index in [0.29, 0.717) is 25.9 Å². The standard InChI is InChI=1S/C17H20BrF3N4O2/c18-12-2-1-3-13(8-12)25-11-24(9-14(26)23-10-17(19,20)21)15(27)16(25)4-6-22-7-5-16/h1-3,8,22H,4-7,9-11H2,(H,23,26). The monoisotopic (exact) mass is 448 g/mol. The molecule has 0 atom stereocenters. The predicted octanol–water partition coefficient (Wildman–Crippen LogP) is 1.86. The normalized spacial score (nSPS) is 19.6. The highest BCUT2D eigenvalue weighted by Crippen LogP contribution is 2.38. The summed E-state index contributed by atoms with van der Waals surface area (Å²) in [4.78, 5) is 28.3. The minimum atomic E-state index is -4.48. The number of amides is 2. The molecule has 1 aromatic carbocycles. The van der Waals surface area contributed by atoms with Crippen LogP contribution in [-0.2, 0) is 9.59 Å². The van der Waals surface area contributed by atoms with Gasteiger partial charge in [0.1, 0.15) is 18.6 Å². The summed E-state index contributed by atoms with van der Waals surface area (Å²) in [5, 5.41) is 5.05. The zero-order valence-corrected chi connectivity index (χ0v) is 16.1. The quantitative estimate of drug-likeness (QED) is 0.737. The molecule has 2 fully saturated rings. The highest BCUT2D eigenvalue weighted by molar-refractivity contribution is 9.10. The topological polar surface area (TPSA) is 64.7 Å². The summed E-state index contributed by atoms with van der Waals surface area (Å²) in [6.07, 6.45) is -3.35. The lowest BCUT2D eigenvalue weighted by atomic mass is 9.86. The number of halogens is 4. The van der Waals surface area contributed by atoms with Crippen LogP contribution < -0.4 is 15.5 Å². The van der Waals surface area contributed by atoms with Crippen molar-refractivity contribution >= 4 is 33.4 Å². The number of anilines is 1. The van der Waals surface area contributed by atoms with Crippen LogP contribution in [0.4, 0.5) is 18.9 Å². The summed E-state index contributed by atoms with van der Waals surface area (Å²) in [6.45, 7) is -0.323. The van der Waals surface area contributed by atoms with Crippen molar-refractivity contribution in [2.24, 2.45) is 0 Å². The third kappa shape index (κ3) is 4.37. The van der Waals surface area contributed by atoms with Crippen molar-refractivity contribution < 1.29 is 22.8 Å². The Morgan fingerprint density at radius 3 is 2.63 bits per heavy atom. The number of hydrogen-bond donors (Lipinski definition) is 2. The molecule has 0 unspecified atom stereocenters. The van der Waals surface area contributed by atoms with Crippen molar-refractivity contribution in [1.82, 2.24) is 15.5 Å². The van der Waals surface area contributed by atoms with Crippen molar-refractivity contribution in [3.63, 3.8) is 0 Å². The van der Waals surface area contributed by atoms with Crippen LogP contribution in [0.15, 0.2) is 28.7 Å². The summed E-state index contributed by atoms with van der Waals surface area (Å²) < 4.78 is 37.8. The summed E-state index contributed by atoms with van der Waals surface area (Å²) in [6, 6.07) is 7.51. The van der Waals surface area contributed by atoms with Gasteiger partial charge in [0, 0.05) is 10.2 Å². The maximum absolute atomic E-state index is 13.1. The maximum Gasteiger partial charge on any atom is 0.405 e. The van der Waals surface area contributed by atoms with Gasteiger partial charge in [0.2, 0.25) is 11.8 Å². The van der Waals surface area contributed by atoms with Gasteiger partial charge in [-0.3, -0.25) is 9.59 Å². The van der Waals surface area contributed by atoms with E-state index in [1.807, 2.05) is 34.5 Å². The lowest BCUT2D eigenvalue weighted by molar-refractivity contribution is -0.142. The van der Waals surface area contributed by atoms with Crippen molar-refractivity contribution in [2.45, 2.75) is 24.6 Å². The zero-order valence-electron chi connectivity index (χ0n) is 14.5. The number of carbonyl (C=O) groups is 2. The highest BCUT2D eigenvalue weighted by atomic mass is 79.9. The molecule has 3 rings (SSSR count). The fourth-order valence-corrected chi connectivity index (χ4v) is 4.01. The Balaban J connectivity index is 1.80. The molecule has 148 valence electrons. The predicted molar refractivity (Wildman–Crippen MR) is 97.1 cm³/mol. The van der Waals surface area contributed by atoms with E-state index >= 15 is 0 Å². The zero-order chi connectivity index (χ0) is 19.7. The van der Waals surface area contributed by atoms with Gasteiger partial charge in [-0.15, -0.1) is 0 Å². The van der Waals surface area contributed by atoms with Crippen LogP contribution in [-0.4, -0.2) is 61.3 Å². The number of piperidine rings is 1. The van der Waals surface area contributed by atoms with E-state index in [1.54, 1.807) is 0 Å². The second-order valence-electron chi connectivity index (χ2n) is 6.73. The molecule has 0 aliphatic carbocycles. The van der Waals surface area contributed by atoms with Crippen molar-refractivity contribution in [3.8, 4) is 0 Å². The van der Waals surface area contributed by atoms with E-state index in [2.05, 4.69) is 21.2 Å². The van der Waals surface area contributed by atoms with E-state index in [0.717, 1.165) is 10.2 Å². The summed E-state index contributed by atoms with van der Waals surface area (Å²) in [5.41, 5.74) is 0.0499. The van der Waals surface area contributed by atoms with Gasteiger partial charge in [-0.25, -0.2) is 0 Å². The molecule has 6 nitrogen and oxygen atoms in total. The Labute approximate surface area is 163 Å². The van der Waals surface area contributed by atoms with E-state index in [4.69, 9.17) is 0 Å². The van der Waals surface area contributed by atoms with Crippen LogP contribution in [0, 0.1) is 0 Å². The second-order valence-corrected chi connectivity index (χ2v) is 7.64. The minimum absolute atomic E-state index is 0.161. The summed E-state index contributed by atoms with van der Waals surface area (Å²) in [7, 11) is 0. The molecule has 0 aromatic heterocycles. The average Bonchev–Trinajstić information content (AvgIpc) is 2.86. The van der Waals surface area contributed by atoms with E-state index < -0.39 is 30.7 Å². The Hall–Kier alpha value is -1.81. The number of alkyl halides is 3. The molecule has 2 N–H and O–H groups in total. The van der Waals surface area contributed by atoms with Gasteiger partial charge in [0.05, 0.1) is 6.67 Å². The van der Waals surface area contributed by atoms with Crippen LogP contribution >= 0.6 is 15.9 Å². The van der Waals surface area contributed by atoms with Crippen LogP contribution in [0.5, 0.6) is 0 Å². The fourth-order valence-electron chi connectivity index (χ4n) is 3.63. The second kappa shape index (κ2) is 7.67. The van der Waals surface area contributed by atoms with Crippen molar-refractivity contribution in [3.05, 3.63) is 28.7 Å². The number of rotatable bonds is 4. The third-order valence-corrected chi connectivity index (χ3v) is 5.38. The van der Waals surface area contributed by atoms with Gasteiger partial charge < -0.3 is 20.4 Å². The van der Waals surface area contributed by atoms with E-state index in [-0.39, 0.29) is 12.6 Å². The van der Waals surface area contributed by atoms with Crippen molar-refractivity contribution in [1.29, 1.82) is 0 Å². The van der Waals surface area contributed by atoms with Crippen LogP contribution in [0.25, 0.3) is 0 Å². The lowest BCUT2D eigenvalue weighted by Crippen LogP contribution is -2.56. The molecule has 27 heavy (non-hydrogen) atoms. The largest absolute Gasteiger partial charge is 0.405 e. The average molecular weight is 449 g/mol. The van der Waals surface area contributed by atoms with Crippen LogP contribution in [0.1, 0.15) is 12.8 Å². The molecule has 1 aromatic rings. The Bertz CT molecular complexity index is 722. The molecule has 2 aliphatic rings. The molecular weight excluding hydrogens is 429 g/mol. The van der Waals surface area contributed by atoms with Gasteiger partial charge in [-0.2, -0.15) is 13.2 Å². The first-order valence-electron chi connectivity index (χ1n) is 8.58. The minimum Gasteiger partial charge on any atom is -0.345 e. The molecule has 2 heterocycles. The number of hydrogen-bond acceptors (Lipinski definition) is 4. The smallest absolute Gasteiger partial charge is 0.345 e. The molecule has 2 amide bonds. The van der Waals surface area contributed by atoms with Crippen molar-refractivity contribution in [2.75, 3.05) is 37.7 Å².